The topological polar surface area (TPSA) is 26.0 Å². The molecule has 0 aromatic heterocycles. The first-order valence-corrected chi connectivity index (χ1v) is 6.87. The Labute approximate surface area is 108 Å². The van der Waals surface area contributed by atoms with Gasteiger partial charge in [-0.2, -0.15) is 11.8 Å². The third kappa shape index (κ3) is 5.78. The molecule has 1 rings (SSSR count). The summed E-state index contributed by atoms with van der Waals surface area (Å²) in [6.07, 6.45) is 0.892. The summed E-state index contributed by atoms with van der Waals surface area (Å²) >= 11 is 7.84. The molecule has 0 saturated heterocycles. The zero-order chi connectivity index (χ0) is 12.2. The molecular weight excluding hydrogens is 238 g/mol. The van der Waals surface area contributed by atoms with Crippen LogP contribution in [-0.2, 0) is 6.42 Å². The Bertz CT molecular complexity index is 333. The van der Waals surface area contributed by atoms with E-state index in [0.29, 0.717) is 0 Å². The summed E-state index contributed by atoms with van der Waals surface area (Å²) < 4.78 is 0.284. The molecule has 0 aliphatic heterocycles. The molecule has 0 saturated carbocycles. The first-order chi connectivity index (χ1) is 7.37. The van der Waals surface area contributed by atoms with E-state index in [1.165, 1.54) is 5.56 Å². The quantitative estimate of drug-likeness (QED) is 0.889. The van der Waals surface area contributed by atoms with Crippen molar-refractivity contribution in [3.8, 4) is 0 Å². The van der Waals surface area contributed by atoms with Crippen molar-refractivity contribution in [2.75, 3.05) is 5.75 Å². The third-order valence-electron chi connectivity index (χ3n) is 2.12. The van der Waals surface area contributed by atoms with Gasteiger partial charge in [-0.1, -0.05) is 44.5 Å². The maximum Gasteiger partial charge on any atom is 0.0408 e. The van der Waals surface area contributed by atoms with E-state index in [0.717, 1.165) is 17.2 Å². The second-order valence-electron chi connectivity index (χ2n) is 5.02. The molecule has 16 heavy (non-hydrogen) atoms. The van der Waals surface area contributed by atoms with Crippen LogP contribution in [0.2, 0.25) is 5.02 Å². The zero-order valence-electron chi connectivity index (χ0n) is 10.2. The Morgan fingerprint density at radius 3 is 2.62 bits per heavy atom. The van der Waals surface area contributed by atoms with E-state index in [2.05, 4.69) is 26.8 Å². The fraction of sp³-hybridized carbons (Fsp3) is 0.538. The van der Waals surface area contributed by atoms with Crippen LogP contribution in [0.25, 0.3) is 0 Å². The average molecular weight is 258 g/mol. The van der Waals surface area contributed by atoms with Gasteiger partial charge >= 0.3 is 0 Å². The third-order valence-corrected chi connectivity index (χ3v) is 3.81. The van der Waals surface area contributed by atoms with E-state index in [1.54, 1.807) is 0 Å². The van der Waals surface area contributed by atoms with Crippen LogP contribution >= 0.6 is 23.4 Å². The highest BCUT2D eigenvalue weighted by Gasteiger charge is 2.13. The van der Waals surface area contributed by atoms with Crippen molar-refractivity contribution < 1.29 is 0 Å². The molecule has 0 fully saturated rings. The van der Waals surface area contributed by atoms with Crippen LogP contribution in [-0.4, -0.2) is 16.5 Å². The van der Waals surface area contributed by atoms with E-state index in [1.807, 2.05) is 30.0 Å². The van der Waals surface area contributed by atoms with Gasteiger partial charge in [0.15, 0.2) is 0 Å². The minimum absolute atomic E-state index is 0.197. The van der Waals surface area contributed by atoms with Gasteiger partial charge < -0.3 is 5.73 Å². The van der Waals surface area contributed by atoms with Crippen LogP contribution in [0.1, 0.15) is 26.3 Å². The predicted molar refractivity (Wildman–Crippen MR) is 75.3 cm³/mol. The first kappa shape index (κ1) is 13.9. The van der Waals surface area contributed by atoms with E-state index < -0.39 is 0 Å². The highest BCUT2D eigenvalue weighted by Crippen LogP contribution is 2.24. The maximum absolute atomic E-state index is 6.10. The van der Waals surface area contributed by atoms with Gasteiger partial charge in [0.05, 0.1) is 0 Å². The van der Waals surface area contributed by atoms with Gasteiger partial charge in [0.1, 0.15) is 0 Å². The molecule has 0 aliphatic carbocycles. The lowest BCUT2D eigenvalue weighted by molar-refractivity contribution is 0.734. The fourth-order valence-corrected chi connectivity index (χ4v) is 2.43. The normalized spacial score (nSPS) is 13.8. The number of nitrogens with two attached hydrogens (primary N) is 1. The standard InChI is InChI=1S/C13H20ClNS/c1-13(2,3)16-9-12(15)8-10-5-4-6-11(14)7-10/h4-7,12H,8-9,15H2,1-3H3. The van der Waals surface area contributed by atoms with Crippen LogP contribution in [0.5, 0.6) is 0 Å². The van der Waals surface area contributed by atoms with Gasteiger partial charge in [0.2, 0.25) is 0 Å². The number of hydrogen-bond donors (Lipinski definition) is 1. The lowest BCUT2D eigenvalue weighted by Crippen LogP contribution is -2.27. The second kappa shape index (κ2) is 5.95. The number of rotatable bonds is 4. The van der Waals surface area contributed by atoms with Gasteiger partial charge in [-0.3, -0.25) is 0 Å². The molecule has 1 unspecified atom stereocenters. The highest BCUT2D eigenvalue weighted by atomic mass is 35.5. The molecule has 0 bridgehead atoms. The van der Waals surface area contributed by atoms with Crippen LogP contribution in [0.15, 0.2) is 24.3 Å². The van der Waals surface area contributed by atoms with Crippen LogP contribution < -0.4 is 5.73 Å². The van der Waals surface area contributed by atoms with Crippen molar-refractivity contribution in [3.05, 3.63) is 34.9 Å². The molecule has 1 atom stereocenters. The minimum Gasteiger partial charge on any atom is -0.327 e. The van der Waals surface area contributed by atoms with Crippen molar-refractivity contribution in [2.45, 2.75) is 38.0 Å². The van der Waals surface area contributed by atoms with Crippen molar-refractivity contribution in [1.29, 1.82) is 0 Å². The SMILES string of the molecule is CC(C)(C)SCC(N)Cc1cccc(Cl)c1. The lowest BCUT2D eigenvalue weighted by Gasteiger charge is -2.20. The van der Waals surface area contributed by atoms with Gasteiger partial charge in [0, 0.05) is 21.6 Å². The lowest BCUT2D eigenvalue weighted by atomic mass is 10.1. The smallest absolute Gasteiger partial charge is 0.0408 e. The minimum atomic E-state index is 0.197. The molecular formula is C13H20ClNS. The monoisotopic (exact) mass is 257 g/mol. The second-order valence-corrected chi connectivity index (χ2v) is 7.30. The number of thioether (sulfide) groups is 1. The molecule has 1 aromatic rings. The summed E-state index contributed by atoms with van der Waals surface area (Å²) in [4.78, 5) is 0. The molecule has 0 aliphatic rings. The predicted octanol–water partition coefficient (Wildman–Crippen LogP) is 3.74. The van der Waals surface area contributed by atoms with E-state index in [9.17, 15) is 0 Å². The van der Waals surface area contributed by atoms with Crippen LogP contribution in [0.3, 0.4) is 0 Å². The van der Waals surface area contributed by atoms with Crippen molar-refractivity contribution in [2.24, 2.45) is 5.73 Å². The molecule has 1 nitrogen and oxygen atoms in total. The molecule has 0 heterocycles. The van der Waals surface area contributed by atoms with Crippen molar-refractivity contribution in [1.82, 2.24) is 0 Å². The van der Waals surface area contributed by atoms with E-state index >= 15 is 0 Å². The summed E-state index contributed by atoms with van der Waals surface area (Å²) in [6.45, 7) is 6.64. The average Bonchev–Trinajstić information content (AvgIpc) is 2.14. The van der Waals surface area contributed by atoms with Gasteiger partial charge in [-0.05, 0) is 24.1 Å². The Morgan fingerprint density at radius 1 is 1.38 bits per heavy atom. The highest BCUT2D eigenvalue weighted by molar-refractivity contribution is 8.00. The van der Waals surface area contributed by atoms with Gasteiger partial charge in [-0.25, -0.2) is 0 Å². The zero-order valence-corrected chi connectivity index (χ0v) is 11.7. The Morgan fingerprint density at radius 2 is 2.06 bits per heavy atom. The molecule has 90 valence electrons. The fourth-order valence-electron chi connectivity index (χ4n) is 1.38. The molecule has 3 heteroatoms. The Kier molecular flexibility index (Phi) is 5.16. The van der Waals surface area contributed by atoms with Gasteiger partial charge in [0.25, 0.3) is 0 Å². The number of benzene rings is 1. The summed E-state index contributed by atoms with van der Waals surface area (Å²) in [5, 5.41) is 0.785. The van der Waals surface area contributed by atoms with Gasteiger partial charge in [-0.15, -0.1) is 0 Å². The molecule has 0 radical (unpaired) electrons. The first-order valence-electron chi connectivity index (χ1n) is 5.51. The van der Waals surface area contributed by atoms with E-state index in [-0.39, 0.29) is 10.8 Å². The number of halogens is 1. The summed E-state index contributed by atoms with van der Waals surface area (Å²) in [5.74, 6) is 0.982. The largest absolute Gasteiger partial charge is 0.327 e. The van der Waals surface area contributed by atoms with Crippen LogP contribution in [0, 0.1) is 0 Å². The van der Waals surface area contributed by atoms with E-state index in [4.69, 9.17) is 17.3 Å². The molecule has 2 N–H and O–H groups in total. The van der Waals surface area contributed by atoms with Crippen molar-refractivity contribution in [3.63, 3.8) is 0 Å². The maximum atomic E-state index is 6.10. The molecule has 0 spiro atoms. The van der Waals surface area contributed by atoms with Crippen molar-refractivity contribution >= 4 is 23.4 Å². The molecule has 1 aromatic carbocycles. The Balaban J connectivity index is 2.43. The molecule has 0 amide bonds. The van der Waals surface area contributed by atoms with Crippen LogP contribution in [0.4, 0.5) is 0 Å². The summed E-state index contributed by atoms with van der Waals surface area (Å²) in [7, 11) is 0. The Hall–Kier alpha value is -0.180. The summed E-state index contributed by atoms with van der Waals surface area (Å²) in [6, 6.07) is 8.13. The number of hydrogen-bond acceptors (Lipinski definition) is 2. The summed E-state index contributed by atoms with van der Waals surface area (Å²) in [5.41, 5.74) is 7.32.